The highest BCUT2D eigenvalue weighted by atomic mass is 79.9. The molecule has 0 fully saturated rings. The molecule has 40 heavy (non-hydrogen) atoms. The number of carboxylic acids is 1. The maximum atomic E-state index is 13.0. The molecule has 0 aliphatic carbocycles. The second-order valence-electron chi connectivity index (χ2n) is 9.19. The van der Waals surface area contributed by atoms with Gasteiger partial charge in [-0.3, -0.25) is 0 Å². The average molecular weight is 634 g/mol. The molecule has 0 bridgehead atoms. The van der Waals surface area contributed by atoms with E-state index in [1.807, 2.05) is 47.8 Å². The molecular formula is C30H21BrN2O5S2. The van der Waals surface area contributed by atoms with Crippen molar-refractivity contribution in [3.8, 4) is 21.8 Å². The van der Waals surface area contributed by atoms with E-state index in [-0.39, 0.29) is 11.3 Å². The number of para-hydroxylation sites is 2. The Kier molecular flexibility index (Phi) is 7.01. The Morgan fingerprint density at radius 2 is 1.62 bits per heavy atom. The molecule has 10 heteroatoms. The van der Waals surface area contributed by atoms with Crippen LogP contribution in [0, 0.1) is 0 Å². The summed E-state index contributed by atoms with van der Waals surface area (Å²) in [5.41, 5.74) is 4.55. The summed E-state index contributed by atoms with van der Waals surface area (Å²) in [5, 5.41) is 16.5. The standard InChI is InChI=1S/C30H21BrN2O5S2/c31-39-18-26(32-29(39)24-11-6-10-23-22-9-4-5-12-27(22)38-28(23)24)20-13-15-21(16-14-20)40(36,37)33-25(30(34)35)17-19-7-2-1-3-8-19/h1-16,18,25,33H,17H2. The molecule has 7 nitrogen and oxygen atoms in total. The number of furan rings is 1. The number of nitrogens with one attached hydrogen (secondary N) is 1. The topological polar surface area (TPSA) is 112 Å². The van der Waals surface area contributed by atoms with Gasteiger partial charge in [0.2, 0.25) is 10.0 Å². The third-order valence-corrected chi connectivity index (χ3v) is 10.7. The second-order valence-corrected chi connectivity index (χ2v) is 14.2. The van der Waals surface area contributed by atoms with Crippen LogP contribution >= 0.6 is 23.7 Å². The number of hydrogen-bond acceptors (Lipinski definition) is 6. The molecule has 0 aliphatic heterocycles. The summed E-state index contributed by atoms with van der Waals surface area (Å²) < 4.78 is 34.4. The molecule has 0 saturated heterocycles. The summed E-state index contributed by atoms with van der Waals surface area (Å²) in [5.74, 6) is -1.49. The number of thiazole rings is 1. The maximum Gasteiger partial charge on any atom is 0.289 e. The van der Waals surface area contributed by atoms with Crippen LogP contribution in [0.5, 0.6) is 0 Å². The van der Waals surface area contributed by atoms with Crippen LogP contribution in [0.4, 0.5) is 0 Å². The molecule has 2 atom stereocenters. The van der Waals surface area contributed by atoms with Crippen molar-refractivity contribution in [3.63, 3.8) is 0 Å². The third-order valence-electron chi connectivity index (χ3n) is 6.58. The monoisotopic (exact) mass is 632 g/mol. The molecule has 0 aliphatic rings. The lowest BCUT2D eigenvalue weighted by atomic mass is 10.1. The van der Waals surface area contributed by atoms with Gasteiger partial charge in [-0.15, -0.1) is 0 Å². The van der Waals surface area contributed by atoms with Gasteiger partial charge < -0.3 is 14.3 Å². The number of carbonyl (C=O) groups excluding carboxylic acids is 1. The van der Waals surface area contributed by atoms with Crippen LogP contribution in [0.15, 0.2) is 112 Å². The first-order valence-corrected chi connectivity index (χ1v) is 16.9. The van der Waals surface area contributed by atoms with Crippen LogP contribution in [0.2, 0.25) is 0 Å². The fourth-order valence-corrected chi connectivity index (χ4v) is 8.14. The molecule has 4 aromatic carbocycles. The summed E-state index contributed by atoms with van der Waals surface area (Å²) in [6.07, 6.45) is -0.0313. The van der Waals surface area contributed by atoms with Crippen molar-refractivity contribution in [2.24, 2.45) is 0 Å². The summed E-state index contributed by atoms with van der Waals surface area (Å²) in [6, 6.07) is 27.4. The van der Waals surface area contributed by atoms with Crippen molar-refractivity contribution in [1.82, 2.24) is 9.71 Å². The fourth-order valence-electron chi connectivity index (χ4n) is 4.63. The van der Waals surface area contributed by atoms with Crippen molar-refractivity contribution in [2.75, 3.05) is 0 Å². The van der Waals surface area contributed by atoms with Crippen molar-refractivity contribution >= 4 is 61.6 Å². The summed E-state index contributed by atoms with van der Waals surface area (Å²) in [7, 11) is -4.60. The molecule has 2 unspecified atom stereocenters. The Balaban J connectivity index is 1.27. The largest absolute Gasteiger partial charge is 0.548 e. The molecule has 6 aromatic rings. The molecule has 6 rings (SSSR count). The lowest BCUT2D eigenvalue weighted by Crippen LogP contribution is -2.49. The fraction of sp³-hybridized carbons (Fsp3) is 0.0667. The minimum absolute atomic E-state index is 0.0313. The van der Waals surface area contributed by atoms with Gasteiger partial charge in [0.05, 0.1) is 31.4 Å². The van der Waals surface area contributed by atoms with Gasteiger partial charge in [0.25, 0.3) is 19.8 Å². The zero-order valence-electron chi connectivity index (χ0n) is 20.8. The van der Waals surface area contributed by atoms with Crippen molar-refractivity contribution < 1.29 is 22.7 Å². The summed E-state index contributed by atoms with van der Waals surface area (Å²) in [4.78, 5) is 16.5. The first kappa shape index (κ1) is 26.4. The lowest BCUT2D eigenvalue weighted by molar-refractivity contribution is -0.307. The minimum atomic E-state index is -4.11. The van der Waals surface area contributed by atoms with Crippen LogP contribution in [0.25, 0.3) is 43.8 Å². The SMILES string of the molecule is O=C([O-])C(Cc1ccccc1)NS(=O)(=O)c1ccc(-c2c[s+](Br)c(-c3cccc4c3oc3ccccc34)n2)cc1. The Morgan fingerprint density at radius 3 is 2.38 bits per heavy atom. The van der Waals surface area contributed by atoms with Crippen molar-refractivity contribution in [2.45, 2.75) is 17.4 Å². The highest BCUT2D eigenvalue weighted by molar-refractivity contribution is 9.34. The normalized spacial score (nSPS) is 13.1. The third kappa shape index (κ3) is 5.06. The van der Waals surface area contributed by atoms with Crippen molar-refractivity contribution in [3.05, 3.63) is 108 Å². The van der Waals surface area contributed by atoms with E-state index in [2.05, 4.69) is 19.5 Å². The van der Waals surface area contributed by atoms with E-state index in [1.54, 1.807) is 42.5 Å². The van der Waals surface area contributed by atoms with E-state index in [4.69, 9.17) is 9.40 Å². The van der Waals surface area contributed by atoms with Gasteiger partial charge in [0.15, 0.2) is 5.38 Å². The number of carboxylic acid groups (broad SMARTS) is 1. The van der Waals surface area contributed by atoms with Gasteiger partial charge >= 0.3 is 0 Å². The number of nitrogens with zero attached hydrogens (tertiary/aromatic N) is 1. The van der Waals surface area contributed by atoms with Crippen LogP contribution < -0.4 is 9.83 Å². The number of aromatic nitrogens is 1. The molecule has 1 N–H and O–H groups in total. The number of hydrogen-bond donors (Lipinski definition) is 1. The summed E-state index contributed by atoms with van der Waals surface area (Å²) >= 11 is 3.73. The Labute approximate surface area is 240 Å². The second kappa shape index (κ2) is 10.6. The molecule has 2 aromatic heterocycles. The first-order valence-electron chi connectivity index (χ1n) is 12.3. The lowest BCUT2D eigenvalue weighted by Gasteiger charge is -2.20. The molecule has 200 valence electrons. The van der Waals surface area contributed by atoms with Gasteiger partial charge in [0.1, 0.15) is 16.9 Å². The van der Waals surface area contributed by atoms with Crippen LogP contribution in [-0.4, -0.2) is 25.4 Å². The van der Waals surface area contributed by atoms with E-state index in [1.165, 1.54) is 12.1 Å². The highest BCUT2D eigenvalue weighted by Crippen LogP contribution is 2.45. The van der Waals surface area contributed by atoms with E-state index >= 15 is 0 Å². The van der Waals surface area contributed by atoms with E-state index in [0.717, 1.165) is 38.1 Å². The molecule has 0 amide bonds. The number of aliphatic carboxylic acids is 1. The van der Waals surface area contributed by atoms with Gasteiger partial charge in [0, 0.05) is 16.3 Å². The smallest absolute Gasteiger partial charge is 0.289 e. The predicted molar refractivity (Wildman–Crippen MR) is 158 cm³/mol. The van der Waals surface area contributed by atoms with Gasteiger partial charge in [-0.05, 0) is 36.2 Å². The zero-order chi connectivity index (χ0) is 27.9. The molecule has 2 heterocycles. The average Bonchev–Trinajstić information content (AvgIpc) is 3.54. The zero-order valence-corrected chi connectivity index (χ0v) is 24.0. The number of carbonyl (C=O) groups is 1. The molecule has 0 saturated carbocycles. The van der Waals surface area contributed by atoms with E-state index in [0.29, 0.717) is 11.3 Å². The van der Waals surface area contributed by atoms with E-state index in [9.17, 15) is 18.3 Å². The Morgan fingerprint density at radius 1 is 0.925 bits per heavy atom. The van der Waals surface area contributed by atoms with Gasteiger partial charge in [-0.1, -0.05) is 72.8 Å². The van der Waals surface area contributed by atoms with Crippen LogP contribution in [-0.2, 0) is 21.2 Å². The van der Waals surface area contributed by atoms with Gasteiger partial charge in [-0.25, -0.2) is 13.1 Å². The first-order chi connectivity index (χ1) is 19.3. The Bertz CT molecular complexity index is 1970. The van der Waals surface area contributed by atoms with Crippen molar-refractivity contribution in [1.29, 1.82) is 0 Å². The molecule has 0 spiro atoms. The van der Waals surface area contributed by atoms with Crippen LogP contribution in [0.3, 0.4) is 0 Å². The molecule has 0 radical (unpaired) electrons. The predicted octanol–water partition coefficient (Wildman–Crippen LogP) is 5.86. The number of halogens is 1. The van der Waals surface area contributed by atoms with Crippen LogP contribution in [0.1, 0.15) is 5.56 Å². The number of rotatable bonds is 8. The van der Waals surface area contributed by atoms with E-state index < -0.39 is 30.9 Å². The number of fused-ring (bicyclic) bond motifs is 3. The molecular weight excluding hydrogens is 612 g/mol. The highest BCUT2D eigenvalue weighted by Gasteiger charge is 2.26. The summed E-state index contributed by atoms with van der Waals surface area (Å²) in [6.45, 7) is 0. The quantitative estimate of drug-likeness (QED) is 0.210. The number of sulfonamides is 1. The number of benzene rings is 4. The minimum Gasteiger partial charge on any atom is -0.548 e. The van der Waals surface area contributed by atoms with Gasteiger partial charge in [-0.2, -0.15) is 4.98 Å². The Hall–Kier alpha value is -3.83. The maximum absolute atomic E-state index is 13.0.